The molecular weight excluding hydrogens is 825 g/mol. The van der Waals surface area contributed by atoms with Gasteiger partial charge in [-0.15, -0.1) is 0 Å². The number of para-hydroxylation sites is 2. The minimum absolute atomic E-state index is 0.303. The average Bonchev–Trinajstić information content (AvgIpc) is 4.09. The number of hydrogen-bond donors (Lipinski definition) is 0. The van der Waals surface area contributed by atoms with Crippen LogP contribution in [0.3, 0.4) is 0 Å². The molecule has 2 aliphatic carbocycles. The molecule has 1 aliphatic heterocycles. The Morgan fingerprint density at radius 1 is 0.333 bits per heavy atom. The van der Waals surface area contributed by atoms with Gasteiger partial charge in [0.25, 0.3) is 0 Å². The van der Waals surface area contributed by atoms with Crippen LogP contribution in [0.1, 0.15) is 49.9 Å². The Morgan fingerprint density at radius 3 is 1.14 bits per heavy atom. The summed E-state index contributed by atoms with van der Waals surface area (Å²) in [4.78, 5) is 1.81. The highest BCUT2D eigenvalue weighted by atomic mass is 32.2. The first-order valence-electron chi connectivity index (χ1n) is 22.9. The fourth-order valence-corrected chi connectivity index (χ4v) is 13.7. The topological polar surface area (TPSA) is 43.4 Å². The lowest BCUT2D eigenvalue weighted by Crippen LogP contribution is -2.16. The number of rotatable bonds is 2. The lowest BCUT2D eigenvalue weighted by atomic mass is 9.79. The third-order valence-electron chi connectivity index (χ3n) is 15.6. The summed E-state index contributed by atoms with van der Waals surface area (Å²) in [6, 6.07) is 61.6. The van der Waals surface area contributed by atoms with Crippen LogP contribution in [0.15, 0.2) is 188 Å². The molecule has 10 aromatic carbocycles. The van der Waals surface area contributed by atoms with Crippen molar-refractivity contribution < 1.29 is 13.0 Å². The van der Waals surface area contributed by atoms with Crippen molar-refractivity contribution in [1.82, 2.24) is 0 Å². The van der Waals surface area contributed by atoms with E-state index in [9.17, 15) is 0 Å². The minimum atomic E-state index is -1.36. The molecule has 15 rings (SSSR count). The Balaban J connectivity index is 0.884. The van der Waals surface area contributed by atoms with Crippen molar-refractivity contribution in [3.05, 3.63) is 192 Å². The second-order valence-electron chi connectivity index (χ2n) is 19.7. The largest absolute Gasteiger partial charge is 0.456 e. The molecular formula is C62H40O3S. The Hall–Kier alpha value is -7.53. The average molecular weight is 865 g/mol. The summed E-state index contributed by atoms with van der Waals surface area (Å²) >= 11 is 0. The van der Waals surface area contributed by atoms with Gasteiger partial charge >= 0.3 is 0 Å². The molecule has 2 aromatic heterocycles. The molecule has 0 bridgehead atoms. The van der Waals surface area contributed by atoms with Gasteiger partial charge in [0.1, 0.15) is 22.3 Å². The van der Waals surface area contributed by atoms with Crippen LogP contribution < -0.4 is 0 Å². The van der Waals surface area contributed by atoms with Crippen LogP contribution in [0.5, 0.6) is 0 Å². The Kier molecular flexibility index (Phi) is 6.92. The quantitative estimate of drug-likeness (QED) is 0.174. The molecule has 0 spiro atoms. The third-order valence-corrected chi connectivity index (χ3v) is 17.1. The van der Waals surface area contributed by atoms with Crippen LogP contribution in [0, 0.1) is 0 Å². The Morgan fingerprint density at radius 2 is 0.697 bits per heavy atom. The molecule has 0 saturated carbocycles. The zero-order valence-electron chi connectivity index (χ0n) is 36.8. The molecule has 3 heterocycles. The van der Waals surface area contributed by atoms with E-state index < -0.39 is 10.8 Å². The number of hydrogen-bond acceptors (Lipinski definition) is 3. The van der Waals surface area contributed by atoms with E-state index >= 15 is 4.21 Å². The molecule has 0 radical (unpaired) electrons. The van der Waals surface area contributed by atoms with Gasteiger partial charge in [-0.3, -0.25) is 0 Å². The first-order valence-corrected chi connectivity index (χ1v) is 24.0. The van der Waals surface area contributed by atoms with Crippen molar-refractivity contribution in [3.8, 4) is 55.6 Å². The summed E-state index contributed by atoms with van der Waals surface area (Å²) < 4.78 is 27.6. The summed E-state index contributed by atoms with van der Waals surface area (Å²) in [6.45, 7) is 9.45. The molecule has 3 nitrogen and oxygen atoms in total. The molecule has 0 N–H and O–H groups in total. The van der Waals surface area contributed by atoms with Crippen molar-refractivity contribution in [1.29, 1.82) is 0 Å². The van der Waals surface area contributed by atoms with E-state index in [-0.39, 0.29) is 10.8 Å². The number of fused-ring (bicyclic) bond motifs is 19. The fraction of sp³-hybridized carbons (Fsp3) is 0.0968. The predicted molar refractivity (Wildman–Crippen MR) is 272 cm³/mol. The third kappa shape index (κ3) is 4.59. The zero-order chi connectivity index (χ0) is 44.0. The highest BCUT2D eigenvalue weighted by Crippen LogP contribution is 2.60. The van der Waals surface area contributed by atoms with Crippen LogP contribution in [0.2, 0.25) is 0 Å². The molecule has 312 valence electrons. The summed E-state index contributed by atoms with van der Waals surface area (Å²) in [5, 5.41) is 9.36. The maximum Gasteiger partial charge on any atom is 0.135 e. The van der Waals surface area contributed by atoms with Crippen LogP contribution in [-0.4, -0.2) is 4.21 Å². The molecule has 0 saturated heterocycles. The molecule has 12 aromatic rings. The van der Waals surface area contributed by atoms with Crippen molar-refractivity contribution in [2.45, 2.75) is 48.3 Å². The van der Waals surface area contributed by atoms with E-state index in [2.05, 4.69) is 173 Å². The van der Waals surface area contributed by atoms with Crippen molar-refractivity contribution in [2.24, 2.45) is 0 Å². The lowest BCUT2D eigenvalue weighted by molar-refractivity contribution is 0.659. The van der Waals surface area contributed by atoms with Gasteiger partial charge in [-0.2, -0.15) is 0 Å². The van der Waals surface area contributed by atoms with Gasteiger partial charge in [0.2, 0.25) is 0 Å². The van der Waals surface area contributed by atoms with Crippen molar-refractivity contribution >= 4 is 76.2 Å². The molecule has 66 heavy (non-hydrogen) atoms. The molecule has 0 unspecified atom stereocenters. The minimum Gasteiger partial charge on any atom is -0.456 e. The van der Waals surface area contributed by atoms with E-state index in [0.29, 0.717) is 0 Å². The van der Waals surface area contributed by atoms with Gasteiger partial charge in [0.05, 0.1) is 20.6 Å². The van der Waals surface area contributed by atoms with E-state index in [1.807, 2.05) is 24.3 Å². The van der Waals surface area contributed by atoms with E-state index in [1.54, 1.807) is 0 Å². The highest BCUT2D eigenvalue weighted by Gasteiger charge is 2.43. The number of benzene rings is 10. The summed E-state index contributed by atoms with van der Waals surface area (Å²) in [7, 11) is -1.36. The van der Waals surface area contributed by atoms with Gasteiger partial charge in [0.15, 0.2) is 0 Å². The van der Waals surface area contributed by atoms with Gasteiger partial charge in [0, 0.05) is 32.4 Å². The van der Waals surface area contributed by atoms with Gasteiger partial charge < -0.3 is 8.83 Å². The standard InChI is InChI=1S/C62H40O3S/c1-61(2)49-29-45-46-30-50-48(60-40-18-8-6-14-36(40)42(28-52(60)62(50,3)4)34-22-24-56-44(26-34)38-16-10-12-20-54(38)65-56)32-58(46)66(63)57(45)31-47(49)59-39-17-7-5-13-35(39)41(27-51(59)61)33-21-23-55-43(25-33)37-15-9-11-19-53(37)64-55/h5-32H,1-4H3. The van der Waals surface area contributed by atoms with E-state index in [1.165, 1.54) is 88.3 Å². The second kappa shape index (κ2) is 12.4. The Bertz CT molecular complexity index is 3980. The highest BCUT2D eigenvalue weighted by molar-refractivity contribution is 7.85. The van der Waals surface area contributed by atoms with Gasteiger partial charge in [-0.25, -0.2) is 4.21 Å². The second-order valence-corrected chi connectivity index (χ2v) is 21.1. The molecule has 0 amide bonds. The molecule has 3 aliphatic rings. The predicted octanol–water partition coefficient (Wildman–Crippen LogP) is 16.9. The number of furan rings is 2. The lowest BCUT2D eigenvalue weighted by Gasteiger charge is -2.24. The maximum atomic E-state index is 15.1. The van der Waals surface area contributed by atoms with Crippen molar-refractivity contribution in [2.75, 3.05) is 0 Å². The fourth-order valence-electron chi connectivity index (χ4n) is 12.3. The van der Waals surface area contributed by atoms with Gasteiger partial charge in [-0.1, -0.05) is 125 Å². The van der Waals surface area contributed by atoms with Crippen LogP contribution in [0.4, 0.5) is 0 Å². The summed E-state index contributed by atoms with van der Waals surface area (Å²) in [5.74, 6) is 0. The first kappa shape index (κ1) is 36.8. The maximum absolute atomic E-state index is 15.1. The van der Waals surface area contributed by atoms with E-state index in [4.69, 9.17) is 8.83 Å². The summed E-state index contributed by atoms with van der Waals surface area (Å²) in [5.41, 5.74) is 20.0. The molecule has 4 heteroatoms. The summed E-state index contributed by atoms with van der Waals surface area (Å²) in [6.07, 6.45) is 0. The van der Waals surface area contributed by atoms with Crippen molar-refractivity contribution in [3.63, 3.8) is 0 Å². The molecule has 0 fully saturated rings. The Labute approximate surface area is 383 Å². The normalized spacial score (nSPS) is 15.2. The van der Waals surface area contributed by atoms with Crippen LogP contribution in [-0.2, 0) is 21.6 Å². The van der Waals surface area contributed by atoms with E-state index in [0.717, 1.165) is 64.8 Å². The zero-order valence-corrected chi connectivity index (χ0v) is 37.6. The molecule has 0 atom stereocenters. The van der Waals surface area contributed by atoms with Crippen LogP contribution in [0.25, 0.3) is 121 Å². The monoisotopic (exact) mass is 864 g/mol. The smallest absolute Gasteiger partial charge is 0.135 e. The van der Waals surface area contributed by atoms with Gasteiger partial charge in [-0.05, 0) is 172 Å². The van der Waals surface area contributed by atoms with Crippen LogP contribution >= 0.6 is 0 Å². The SMILES string of the molecule is CC1(C)c2cc3c(cc2-c2c1cc(-c1ccc4oc5ccccc5c4c1)c1ccccc21)S(=O)c1cc2c(cc1-3)C(C)(C)c1cc(-c3ccc4oc5ccccc5c4c3)c3ccccc3c1-2. The first-order chi connectivity index (χ1) is 32.1.